The highest BCUT2D eigenvalue weighted by Gasteiger charge is 2.04. The van der Waals surface area contributed by atoms with Gasteiger partial charge in [0, 0.05) is 12.6 Å². The number of carbonyl (C=O) groups excluding carboxylic acids is 1. The van der Waals surface area contributed by atoms with Gasteiger partial charge in [0.1, 0.15) is 5.88 Å². The molecule has 0 aliphatic heterocycles. The van der Waals surface area contributed by atoms with Gasteiger partial charge >= 0.3 is 0 Å². The zero-order valence-electron chi connectivity index (χ0n) is 6.64. The third-order valence-electron chi connectivity index (χ3n) is 1.32. The van der Waals surface area contributed by atoms with Crippen LogP contribution < -0.4 is 5.32 Å². The summed E-state index contributed by atoms with van der Waals surface area (Å²) < 4.78 is 0. The molecule has 0 saturated carbocycles. The van der Waals surface area contributed by atoms with Gasteiger partial charge in [0.15, 0.2) is 0 Å². The van der Waals surface area contributed by atoms with Crippen molar-refractivity contribution in [1.82, 2.24) is 5.32 Å². The Bertz CT molecular complexity index is 119. The summed E-state index contributed by atoms with van der Waals surface area (Å²) in [6.07, 6.45) is 1.50. The Morgan fingerprint density at radius 3 is 2.82 bits per heavy atom. The molecule has 0 heterocycles. The van der Waals surface area contributed by atoms with Gasteiger partial charge in [-0.1, -0.05) is 0 Å². The first kappa shape index (κ1) is 10.7. The molecule has 66 valence electrons. The van der Waals surface area contributed by atoms with Crippen molar-refractivity contribution in [1.29, 1.82) is 0 Å². The second kappa shape index (κ2) is 6.43. The molecule has 2 N–H and O–H groups in total. The van der Waals surface area contributed by atoms with Gasteiger partial charge in [0.2, 0.25) is 5.91 Å². The number of hydrogen-bond acceptors (Lipinski definition) is 2. The Morgan fingerprint density at radius 2 is 2.36 bits per heavy atom. The minimum atomic E-state index is -0.155. The molecule has 1 atom stereocenters. The molecule has 0 fully saturated rings. The summed E-state index contributed by atoms with van der Waals surface area (Å²) in [5.41, 5.74) is 0. The number of amides is 1. The average molecular weight is 180 g/mol. The van der Waals surface area contributed by atoms with E-state index in [4.69, 9.17) is 16.7 Å². The number of hydrogen-bond donors (Lipinski definition) is 2. The minimum Gasteiger partial charge on any atom is -0.396 e. The molecule has 1 amide bonds. The van der Waals surface area contributed by atoms with E-state index in [1.54, 1.807) is 0 Å². The van der Waals surface area contributed by atoms with Gasteiger partial charge in [-0.2, -0.15) is 0 Å². The van der Waals surface area contributed by atoms with Crippen molar-refractivity contribution in [2.45, 2.75) is 25.8 Å². The molecule has 0 rings (SSSR count). The largest absolute Gasteiger partial charge is 0.396 e. The molecule has 4 heteroatoms. The predicted molar refractivity (Wildman–Crippen MR) is 44.6 cm³/mol. The Balaban J connectivity index is 3.35. The molecule has 0 aromatic rings. The van der Waals surface area contributed by atoms with Crippen LogP contribution in [0, 0.1) is 0 Å². The maximum absolute atomic E-state index is 10.7. The van der Waals surface area contributed by atoms with Crippen molar-refractivity contribution in [3.05, 3.63) is 0 Å². The lowest BCUT2D eigenvalue weighted by Gasteiger charge is -2.11. The van der Waals surface area contributed by atoms with E-state index in [2.05, 4.69) is 5.32 Å². The summed E-state index contributed by atoms with van der Waals surface area (Å²) in [5.74, 6) is -0.152. The van der Waals surface area contributed by atoms with Crippen molar-refractivity contribution in [2.75, 3.05) is 12.5 Å². The molecule has 0 radical (unpaired) electrons. The van der Waals surface area contributed by atoms with Gasteiger partial charge in [-0.05, 0) is 19.8 Å². The molecule has 1 unspecified atom stereocenters. The topological polar surface area (TPSA) is 49.3 Å². The second-order valence-electron chi connectivity index (χ2n) is 2.47. The summed E-state index contributed by atoms with van der Waals surface area (Å²) in [6.45, 7) is 2.06. The fourth-order valence-corrected chi connectivity index (χ4v) is 0.860. The molecule has 0 aliphatic rings. The van der Waals surface area contributed by atoms with E-state index in [1.165, 1.54) is 0 Å². The fourth-order valence-electron chi connectivity index (χ4n) is 0.783. The van der Waals surface area contributed by atoms with Crippen molar-refractivity contribution in [2.24, 2.45) is 0 Å². The lowest BCUT2D eigenvalue weighted by Crippen LogP contribution is -2.33. The first-order valence-corrected chi connectivity index (χ1v) is 4.20. The molecular formula is C7H14ClNO2. The van der Waals surface area contributed by atoms with Gasteiger partial charge in [-0.3, -0.25) is 4.79 Å². The highest BCUT2D eigenvalue weighted by atomic mass is 35.5. The van der Waals surface area contributed by atoms with Crippen LogP contribution in [0.25, 0.3) is 0 Å². The molecular weight excluding hydrogens is 166 g/mol. The maximum Gasteiger partial charge on any atom is 0.235 e. The summed E-state index contributed by atoms with van der Waals surface area (Å²) in [7, 11) is 0. The van der Waals surface area contributed by atoms with E-state index < -0.39 is 0 Å². The number of carbonyl (C=O) groups is 1. The smallest absolute Gasteiger partial charge is 0.235 e. The lowest BCUT2D eigenvalue weighted by molar-refractivity contribution is -0.119. The molecule has 0 aromatic heterocycles. The third kappa shape index (κ3) is 6.13. The number of halogens is 1. The monoisotopic (exact) mass is 179 g/mol. The minimum absolute atomic E-state index is 0.00344. The zero-order chi connectivity index (χ0) is 8.69. The van der Waals surface area contributed by atoms with Gasteiger partial charge in [-0.15, -0.1) is 11.6 Å². The Labute approximate surface area is 71.7 Å². The van der Waals surface area contributed by atoms with Crippen molar-refractivity contribution >= 4 is 17.5 Å². The second-order valence-corrected chi connectivity index (χ2v) is 2.74. The van der Waals surface area contributed by atoms with Crippen LogP contribution in [0.2, 0.25) is 0 Å². The molecule has 0 aliphatic carbocycles. The Morgan fingerprint density at radius 1 is 1.73 bits per heavy atom. The molecule has 3 nitrogen and oxygen atoms in total. The zero-order valence-corrected chi connectivity index (χ0v) is 7.40. The number of aliphatic hydroxyl groups is 1. The van der Waals surface area contributed by atoms with Crippen LogP contribution in [0.3, 0.4) is 0 Å². The van der Waals surface area contributed by atoms with Crippen molar-refractivity contribution in [3.8, 4) is 0 Å². The van der Waals surface area contributed by atoms with Crippen molar-refractivity contribution in [3.63, 3.8) is 0 Å². The number of rotatable bonds is 5. The molecule has 11 heavy (non-hydrogen) atoms. The van der Waals surface area contributed by atoms with Crippen molar-refractivity contribution < 1.29 is 9.90 Å². The SMILES string of the molecule is CC(CCCO)NC(=O)CCl. The van der Waals surface area contributed by atoms with Crippen LogP contribution in [0.1, 0.15) is 19.8 Å². The summed E-state index contributed by atoms with van der Waals surface area (Å²) >= 11 is 5.27. The van der Waals surface area contributed by atoms with Crippen LogP contribution in [-0.4, -0.2) is 29.5 Å². The van der Waals surface area contributed by atoms with E-state index in [9.17, 15) is 4.79 Å². The number of alkyl halides is 1. The van der Waals surface area contributed by atoms with Crippen LogP contribution in [0.5, 0.6) is 0 Å². The van der Waals surface area contributed by atoms with Gasteiger partial charge in [0.25, 0.3) is 0 Å². The van der Waals surface area contributed by atoms with E-state index in [-0.39, 0.29) is 24.4 Å². The molecule has 0 spiro atoms. The maximum atomic E-state index is 10.7. The molecule has 0 aromatic carbocycles. The molecule has 0 saturated heterocycles. The van der Waals surface area contributed by atoms with E-state index >= 15 is 0 Å². The Kier molecular flexibility index (Phi) is 6.27. The average Bonchev–Trinajstić information content (AvgIpc) is 2.00. The highest BCUT2D eigenvalue weighted by Crippen LogP contribution is 1.94. The first-order chi connectivity index (χ1) is 5.20. The van der Waals surface area contributed by atoms with E-state index in [0.717, 1.165) is 6.42 Å². The van der Waals surface area contributed by atoms with Crippen LogP contribution in [0.4, 0.5) is 0 Å². The van der Waals surface area contributed by atoms with Crippen LogP contribution in [0.15, 0.2) is 0 Å². The summed E-state index contributed by atoms with van der Waals surface area (Å²) in [6, 6.07) is 0.105. The standard InChI is InChI=1S/C7H14ClNO2/c1-6(3-2-4-10)9-7(11)5-8/h6,10H,2-5H2,1H3,(H,9,11). The first-order valence-electron chi connectivity index (χ1n) is 3.67. The van der Waals surface area contributed by atoms with Crippen LogP contribution in [-0.2, 0) is 4.79 Å². The van der Waals surface area contributed by atoms with Gasteiger partial charge in [-0.25, -0.2) is 0 Å². The third-order valence-corrected chi connectivity index (χ3v) is 1.57. The van der Waals surface area contributed by atoms with Gasteiger partial charge < -0.3 is 10.4 Å². The quantitative estimate of drug-likeness (QED) is 0.604. The number of nitrogens with one attached hydrogen (secondary N) is 1. The summed E-state index contributed by atoms with van der Waals surface area (Å²) in [4.78, 5) is 10.7. The van der Waals surface area contributed by atoms with E-state index in [0.29, 0.717) is 6.42 Å². The van der Waals surface area contributed by atoms with E-state index in [1.807, 2.05) is 6.92 Å². The lowest BCUT2D eigenvalue weighted by atomic mass is 10.2. The fraction of sp³-hybridized carbons (Fsp3) is 0.857. The Hall–Kier alpha value is -0.280. The predicted octanol–water partition coefficient (Wildman–Crippen LogP) is 0.502. The molecule has 0 bridgehead atoms. The highest BCUT2D eigenvalue weighted by molar-refractivity contribution is 6.27. The number of aliphatic hydroxyl groups excluding tert-OH is 1. The normalized spacial score (nSPS) is 12.6. The van der Waals surface area contributed by atoms with Crippen LogP contribution >= 0.6 is 11.6 Å². The van der Waals surface area contributed by atoms with Gasteiger partial charge in [0.05, 0.1) is 0 Å². The summed E-state index contributed by atoms with van der Waals surface area (Å²) in [5, 5.41) is 11.2.